The Labute approximate surface area is 186 Å². The summed E-state index contributed by atoms with van der Waals surface area (Å²) in [4.78, 5) is 17.7. The van der Waals surface area contributed by atoms with Crippen LogP contribution in [0.4, 0.5) is 11.6 Å². The molecule has 1 atom stereocenters. The van der Waals surface area contributed by atoms with Crippen LogP contribution in [0.5, 0.6) is 5.75 Å². The fourth-order valence-corrected chi connectivity index (χ4v) is 3.74. The molecule has 3 aromatic heterocycles. The Kier molecular flexibility index (Phi) is 6.55. The van der Waals surface area contributed by atoms with Crippen LogP contribution in [-0.2, 0) is 6.42 Å². The summed E-state index contributed by atoms with van der Waals surface area (Å²) >= 11 is 0. The van der Waals surface area contributed by atoms with E-state index >= 15 is 0 Å². The van der Waals surface area contributed by atoms with Gasteiger partial charge in [0.1, 0.15) is 23.7 Å². The first-order valence-corrected chi connectivity index (χ1v) is 10.6. The Morgan fingerprint density at radius 2 is 2.09 bits per heavy atom. The average molecular weight is 434 g/mol. The van der Waals surface area contributed by atoms with Crippen LogP contribution in [-0.4, -0.2) is 57.6 Å². The molecule has 4 rings (SSSR count). The van der Waals surface area contributed by atoms with Crippen LogP contribution in [0, 0.1) is 12.3 Å². The first kappa shape index (κ1) is 21.6. The highest BCUT2D eigenvalue weighted by molar-refractivity contribution is 5.86. The summed E-state index contributed by atoms with van der Waals surface area (Å²) in [7, 11) is 0. The van der Waals surface area contributed by atoms with Crippen LogP contribution in [0.15, 0.2) is 30.7 Å². The van der Waals surface area contributed by atoms with Gasteiger partial charge in [-0.25, -0.2) is 15.0 Å². The van der Waals surface area contributed by atoms with Gasteiger partial charge >= 0.3 is 0 Å². The topological polar surface area (TPSA) is 129 Å². The molecule has 0 aliphatic carbocycles. The van der Waals surface area contributed by atoms with Gasteiger partial charge in [-0.3, -0.25) is 4.98 Å². The van der Waals surface area contributed by atoms with E-state index in [9.17, 15) is 0 Å². The highest BCUT2D eigenvalue weighted by Crippen LogP contribution is 2.34. The molecule has 0 bridgehead atoms. The molecule has 0 fully saturated rings. The van der Waals surface area contributed by atoms with Crippen LogP contribution in [0.25, 0.3) is 11.3 Å². The lowest BCUT2D eigenvalue weighted by atomic mass is 9.99. The normalized spacial score (nSPS) is 13.2. The molecule has 3 aromatic rings. The van der Waals surface area contributed by atoms with Gasteiger partial charge in [-0.2, -0.15) is 0 Å². The van der Waals surface area contributed by atoms with Crippen molar-refractivity contribution in [3.05, 3.63) is 53.2 Å². The van der Waals surface area contributed by atoms with Crippen LogP contribution >= 0.6 is 0 Å². The molecule has 1 aliphatic rings. The number of aliphatic hydroxyl groups is 1. The summed E-state index contributed by atoms with van der Waals surface area (Å²) in [5, 5.41) is 23.1. The molecule has 4 N–H and O–H groups in total. The molecule has 9 heteroatoms. The van der Waals surface area contributed by atoms with E-state index in [2.05, 4.69) is 43.6 Å². The van der Waals surface area contributed by atoms with Crippen molar-refractivity contribution in [2.24, 2.45) is 0 Å². The van der Waals surface area contributed by atoms with Gasteiger partial charge in [0.15, 0.2) is 0 Å². The number of nitrogens with zero attached hydrogens (tertiary/aromatic N) is 4. The maximum absolute atomic E-state index is 8.99. The van der Waals surface area contributed by atoms with Crippen molar-refractivity contribution in [1.29, 1.82) is 5.41 Å². The number of nitrogens with one attached hydrogen (secondary N) is 3. The molecular formula is C23H27N7O2. The number of fused-ring (bicyclic) bond motifs is 1. The zero-order valence-corrected chi connectivity index (χ0v) is 18.2. The second-order valence-corrected chi connectivity index (χ2v) is 7.75. The Hall–Kier alpha value is -3.59. The van der Waals surface area contributed by atoms with E-state index in [1.54, 1.807) is 6.20 Å². The van der Waals surface area contributed by atoms with E-state index < -0.39 is 0 Å². The minimum atomic E-state index is -0.00573. The molecular weight excluding hydrogens is 406 g/mol. The largest absolute Gasteiger partial charge is 0.491 e. The Balaban J connectivity index is 1.49. The lowest BCUT2D eigenvalue weighted by Gasteiger charge is -2.17. The standard InChI is InChI=1S/C23H27N7O2/c1-14(18-7-15(2)30-19-3-6-32-22(18)19)11-26-21-9-20(28-13-29-21)17-8-16(10-24)23(27-12-17)25-4-5-31/h7-10,12-14,24,31H,3-6,11H2,1-2H3,(H,25,27)(H,26,28,29)/t14-/m1/s1. The van der Waals surface area contributed by atoms with E-state index in [0.717, 1.165) is 34.7 Å². The number of ether oxygens (including phenoxy) is 1. The maximum Gasteiger partial charge on any atom is 0.144 e. The molecule has 9 nitrogen and oxygen atoms in total. The molecule has 1 aliphatic heterocycles. The molecule has 0 radical (unpaired) electrons. The maximum atomic E-state index is 8.99. The third kappa shape index (κ3) is 4.67. The average Bonchev–Trinajstić information content (AvgIpc) is 3.29. The predicted octanol–water partition coefficient (Wildman–Crippen LogP) is 2.79. The van der Waals surface area contributed by atoms with Gasteiger partial charge in [0.05, 0.1) is 24.6 Å². The van der Waals surface area contributed by atoms with Crippen molar-refractivity contribution < 1.29 is 9.84 Å². The van der Waals surface area contributed by atoms with Crippen molar-refractivity contribution in [1.82, 2.24) is 19.9 Å². The lowest BCUT2D eigenvalue weighted by molar-refractivity contribution is 0.311. The fraction of sp³-hybridized carbons (Fsp3) is 0.348. The van der Waals surface area contributed by atoms with Crippen molar-refractivity contribution in [3.8, 4) is 17.0 Å². The van der Waals surface area contributed by atoms with Gasteiger partial charge in [0.2, 0.25) is 0 Å². The first-order valence-electron chi connectivity index (χ1n) is 10.6. The number of hydrogen-bond donors (Lipinski definition) is 4. The Bertz CT molecular complexity index is 1120. The molecule has 0 amide bonds. The third-order valence-electron chi connectivity index (χ3n) is 5.35. The van der Waals surface area contributed by atoms with Crippen LogP contribution in [0.1, 0.15) is 35.4 Å². The summed E-state index contributed by atoms with van der Waals surface area (Å²) < 4.78 is 5.83. The summed E-state index contributed by atoms with van der Waals surface area (Å²) in [5.41, 5.74) is 5.34. The smallest absolute Gasteiger partial charge is 0.144 e. The van der Waals surface area contributed by atoms with E-state index in [-0.39, 0.29) is 12.5 Å². The predicted molar refractivity (Wildman–Crippen MR) is 124 cm³/mol. The fourth-order valence-electron chi connectivity index (χ4n) is 3.74. The Morgan fingerprint density at radius 1 is 1.22 bits per heavy atom. The number of aromatic nitrogens is 4. The van der Waals surface area contributed by atoms with Crippen LogP contribution < -0.4 is 15.4 Å². The highest BCUT2D eigenvalue weighted by atomic mass is 16.5. The van der Waals surface area contributed by atoms with E-state index in [0.29, 0.717) is 42.6 Å². The highest BCUT2D eigenvalue weighted by Gasteiger charge is 2.22. The van der Waals surface area contributed by atoms with Gasteiger partial charge in [-0.05, 0) is 19.1 Å². The number of pyridine rings is 2. The number of anilines is 2. The summed E-state index contributed by atoms with van der Waals surface area (Å²) in [6.45, 7) is 5.91. The van der Waals surface area contributed by atoms with Gasteiger partial charge in [0, 0.05) is 66.3 Å². The third-order valence-corrected chi connectivity index (χ3v) is 5.35. The molecule has 4 heterocycles. The molecule has 0 aromatic carbocycles. The van der Waals surface area contributed by atoms with Gasteiger partial charge in [-0.15, -0.1) is 0 Å². The number of rotatable bonds is 9. The number of aryl methyl sites for hydroxylation is 1. The quantitative estimate of drug-likeness (QED) is 0.379. The molecule has 32 heavy (non-hydrogen) atoms. The molecule has 0 saturated carbocycles. The SMILES string of the molecule is Cc1cc([C@H](C)CNc2cc(-c3cnc(NCCO)c(C=N)c3)ncn2)c2c(n1)CCO2. The summed E-state index contributed by atoms with van der Waals surface area (Å²) in [5.74, 6) is 2.41. The van der Waals surface area contributed by atoms with E-state index in [4.69, 9.17) is 15.3 Å². The van der Waals surface area contributed by atoms with Gasteiger partial charge in [0.25, 0.3) is 0 Å². The number of aliphatic hydroxyl groups excluding tert-OH is 1. The Morgan fingerprint density at radius 3 is 2.91 bits per heavy atom. The molecule has 0 unspecified atom stereocenters. The van der Waals surface area contributed by atoms with Crippen molar-refractivity contribution in [2.75, 3.05) is 36.9 Å². The second-order valence-electron chi connectivity index (χ2n) is 7.75. The van der Waals surface area contributed by atoms with E-state index in [1.807, 2.05) is 19.1 Å². The zero-order chi connectivity index (χ0) is 22.5. The first-order chi connectivity index (χ1) is 15.6. The van der Waals surface area contributed by atoms with E-state index in [1.165, 1.54) is 12.5 Å². The van der Waals surface area contributed by atoms with Crippen LogP contribution in [0.3, 0.4) is 0 Å². The molecule has 0 saturated heterocycles. The molecule has 166 valence electrons. The minimum Gasteiger partial charge on any atom is -0.491 e. The summed E-state index contributed by atoms with van der Waals surface area (Å²) in [6, 6.07) is 5.81. The van der Waals surface area contributed by atoms with Crippen molar-refractivity contribution in [3.63, 3.8) is 0 Å². The zero-order valence-electron chi connectivity index (χ0n) is 18.2. The van der Waals surface area contributed by atoms with Crippen molar-refractivity contribution >= 4 is 17.9 Å². The monoisotopic (exact) mass is 433 g/mol. The van der Waals surface area contributed by atoms with Gasteiger partial charge in [-0.1, -0.05) is 6.92 Å². The number of hydrogen-bond acceptors (Lipinski definition) is 9. The molecule has 0 spiro atoms. The van der Waals surface area contributed by atoms with Gasteiger partial charge < -0.3 is 25.9 Å². The lowest BCUT2D eigenvalue weighted by Crippen LogP contribution is -2.12. The summed E-state index contributed by atoms with van der Waals surface area (Å²) in [6.07, 6.45) is 5.30. The minimum absolute atomic E-state index is 0.00573. The van der Waals surface area contributed by atoms with Crippen molar-refractivity contribution in [2.45, 2.75) is 26.2 Å². The van der Waals surface area contributed by atoms with Crippen LogP contribution in [0.2, 0.25) is 0 Å². The second kappa shape index (κ2) is 9.69.